The fourth-order valence-corrected chi connectivity index (χ4v) is 3.43. The fraction of sp³-hybridized carbons (Fsp3) is 0.917. The Labute approximate surface area is 120 Å². The summed E-state index contributed by atoms with van der Waals surface area (Å²) < 4.78 is 37.3. The van der Waals surface area contributed by atoms with Gasteiger partial charge >= 0.3 is 5.97 Å². The monoisotopic (exact) mass is 306 g/mol. The van der Waals surface area contributed by atoms with Gasteiger partial charge in [-0.3, -0.25) is 4.79 Å². The van der Waals surface area contributed by atoms with Gasteiger partial charge in [0.05, 0.1) is 19.1 Å². The Bertz CT molecular complexity index is 447. The topological polar surface area (TPSA) is 76.2 Å². The molecule has 1 saturated carbocycles. The molecule has 2 atom stereocenters. The number of morpholine rings is 1. The van der Waals surface area contributed by atoms with Crippen molar-refractivity contribution in [3.63, 3.8) is 0 Å². The number of hydrogen-bond donors (Lipinski definition) is 0. The van der Waals surface area contributed by atoms with Gasteiger partial charge in [-0.2, -0.15) is 17.0 Å². The molecule has 1 saturated heterocycles. The maximum atomic E-state index is 12.2. The number of carbonyl (C=O) groups is 1. The third kappa shape index (κ3) is 3.69. The average Bonchev–Trinajstić information content (AvgIpc) is 3.16. The van der Waals surface area contributed by atoms with Crippen LogP contribution in [0.15, 0.2) is 0 Å². The van der Waals surface area contributed by atoms with Crippen molar-refractivity contribution in [3.05, 3.63) is 0 Å². The molecule has 0 unspecified atom stereocenters. The molecule has 2 rings (SSSR count). The first-order valence-electron chi connectivity index (χ1n) is 6.88. The molecule has 0 aromatic carbocycles. The predicted octanol–water partition coefficient (Wildman–Crippen LogP) is -0.306. The summed E-state index contributed by atoms with van der Waals surface area (Å²) in [5.41, 5.74) is 0. The summed E-state index contributed by atoms with van der Waals surface area (Å²) in [6.45, 7) is 3.84. The molecule has 20 heavy (non-hydrogen) atoms. The maximum Gasteiger partial charge on any atom is 0.309 e. The largest absolute Gasteiger partial charge is 0.464 e. The van der Waals surface area contributed by atoms with Gasteiger partial charge in [-0.25, -0.2) is 0 Å². The van der Waals surface area contributed by atoms with Crippen LogP contribution in [0.1, 0.15) is 13.3 Å². The molecular formula is C12H22N2O5S. The van der Waals surface area contributed by atoms with E-state index in [0.717, 1.165) is 6.42 Å². The number of esters is 1. The Morgan fingerprint density at radius 3 is 2.55 bits per heavy atom. The number of hydrogen-bond acceptors (Lipinski definition) is 5. The molecule has 0 bridgehead atoms. The molecule has 1 aliphatic heterocycles. The summed E-state index contributed by atoms with van der Waals surface area (Å²) >= 11 is 0. The number of ether oxygens (including phenoxy) is 2. The molecule has 8 heteroatoms. The highest BCUT2D eigenvalue weighted by molar-refractivity contribution is 7.86. The molecule has 0 aromatic heterocycles. The minimum atomic E-state index is -3.48. The summed E-state index contributed by atoms with van der Waals surface area (Å²) in [6.07, 6.45) is 0.876. The second-order valence-corrected chi connectivity index (χ2v) is 7.36. The van der Waals surface area contributed by atoms with Gasteiger partial charge in [0.25, 0.3) is 10.2 Å². The van der Waals surface area contributed by atoms with Crippen LogP contribution < -0.4 is 0 Å². The first kappa shape index (κ1) is 15.7. The van der Waals surface area contributed by atoms with E-state index in [1.807, 2.05) is 6.92 Å². The van der Waals surface area contributed by atoms with Crippen LogP contribution in [0.2, 0.25) is 0 Å². The van der Waals surface area contributed by atoms with Crippen molar-refractivity contribution < 1.29 is 22.7 Å². The van der Waals surface area contributed by atoms with Gasteiger partial charge in [0.2, 0.25) is 0 Å². The predicted molar refractivity (Wildman–Crippen MR) is 72.2 cm³/mol. The van der Waals surface area contributed by atoms with Crippen LogP contribution >= 0.6 is 0 Å². The smallest absolute Gasteiger partial charge is 0.309 e. The maximum absolute atomic E-state index is 12.2. The molecule has 0 aromatic rings. The van der Waals surface area contributed by atoms with Crippen LogP contribution in [0, 0.1) is 11.8 Å². The third-order valence-electron chi connectivity index (χ3n) is 3.75. The molecule has 0 spiro atoms. The summed E-state index contributed by atoms with van der Waals surface area (Å²) in [4.78, 5) is 11.5. The van der Waals surface area contributed by atoms with E-state index in [0.29, 0.717) is 32.2 Å². The van der Waals surface area contributed by atoms with Crippen molar-refractivity contribution in [3.8, 4) is 0 Å². The quantitative estimate of drug-likeness (QED) is 0.630. The van der Waals surface area contributed by atoms with Crippen LogP contribution in [0.5, 0.6) is 0 Å². The van der Waals surface area contributed by atoms with Gasteiger partial charge < -0.3 is 9.47 Å². The number of carbonyl (C=O) groups excluding carboxylic acids is 1. The van der Waals surface area contributed by atoms with E-state index in [1.54, 1.807) is 0 Å². The van der Waals surface area contributed by atoms with Crippen molar-refractivity contribution in [1.82, 2.24) is 8.61 Å². The zero-order valence-corrected chi connectivity index (χ0v) is 12.8. The minimum absolute atomic E-state index is 0.0103. The van der Waals surface area contributed by atoms with Gasteiger partial charge in [-0.15, -0.1) is 0 Å². The number of nitrogens with zero attached hydrogens (tertiary/aromatic N) is 2. The lowest BCUT2D eigenvalue weighted by molar-refractivity contribution is -0.145. The Hall–Kier alpha value is -0.700. The van der Waals surface area contributed by atoms with Crippen molar-refractivity contribution in [2.45, 2.75) is 13.3 Å². The minimum Gasteiger partial charge on any atom is -0.464 e. The number of rotatable bonds is 6. The summed E-state index contributed by atoms with van der Waals surface area (Å²) in [5, 5.41) is 0. The normalized spacial score (nSPS) is 27.6. The first-order valence-corrected chi connectivity index (χ1v) is 8.28. The standard InChI is InChI=1S/C12H22N2O5S/c1-10-9-11(10)12(15)19-8-3-13(2)20(16,17)14-4-6-18-7-5-14/h10-11H,3-9H2,1-2H3/t10-,11+/m0/s1. The Kier molecular flexibility index (Phi) is 5.00. The molecule has 2 fully saturated rings. The van der Waals surface area contributed by atoms with Crippen LogP contribution in [-0.4, -0.2) is 69.5 Å². The van der Waals surface area contributed by atoms with Crippen molar-refractivity contribution in [2.75, 3.05) is 46.5 Å². The summed E-state index contributed by atoms with van der Waals surface area (Å²) in [5.74, 6) is 0.197. The van der Waals surface area contributed by atoms with E-state index in [9.17, 15) is 13.2 Å². The first-order chi connectivity index (χ1) is 9.43. The number of likely N-dealkylation sites (N-methyl/N-ethyl adjacent to an activating group) is 1. The van der Waals surface area contributed by atoms with Gasteiger partial charge in [-0.05, 0) is 12.3 Å². The highest BCUT2D eigenvalue weighted by Gasteiger charge is 2.40. The second kappa shape index (κ2) is 6.38. The van der Waals surface area contributed by atoms with Gasteiger partial charge in [0.1, 0.15) is 6.61 Å². The molecular weight excluding hydrogens is 284 g/mol. The van der Waals surface area contributed by atoms with E-state index < -0.39 is 10.2 Å². The molecule has 116 valence electrons. The van der Waals surface area contributed by atoms with E-state index in [4.69, 9.17) is 9.47 Å². The highest BCUT2D eigenvalue weighted by atomic mass is 32.2. The molecule has 1 heterocycles. The molecule has 2 aliphatic rings. The van der Waals surface area contributed by atoms with Crippen LogP contribution in [0.3, 0.4) is 0 Å². The van der Waals surface area contributed by atoms with E-state index in [2.05, 4.69) is 0 Å². The fourth-order valence-electron chi connectivity index (χ4n) is 2.12. The van der Waals surface area contributed by atoms with Crippen LogP contribution in [0.25, 0.3) is 0 Å². The summed E-state index contributed by atoms with van der Waals surface area (Å²) in [6, 6.07) is 0. The lowest BCUT2D eigenvalue weighted by atomic mass is 10.3. The Balaban J connectivity index is 1.75. The van der Waals surface area contributed by atoms with Gasteiger partial charge in [0.15, 0.2) is 0 Å². The summed E-state index contributed by atoms with van der Waals surface area (Å²) in [7, 11) is -1.98. The van der Waals surface area contributed by atoms with Gasteiger partial charge in [0, 0.05) is 26.7 Å². The van der Waals surface area contributed by atoms with Crippen molar-refractivity contribution in [2.24, 2.45) is 11.8 Å². The highest BCUT2D eigenvalue weighted by Crippen LogP contribution is 2.38. The van der Waals surface area contributed by atoms with Crippen molar-refractivity contribution >= 4 is 16.2 Å². The molecule has 7 nitrogen and oxygen atoms in total. The lowest BCUT2D eigenvalue weighted by Gasteiger charge is -2.30. The van der Waals surface area contributed by atoms with E-state index in [1.165, 1.54) is 15.7 Å². The van der Waals surface area contributed by atoms with Crippen molar-refractivity contribution in [1.29, 1.82) is 0 Å². The van der Waals surface area contributed by atoms with Crippen LogP contribution in [0.4, 0.5) is 0 Å². The van der Waals surface area contributed by atoms with Crippen LogP contribution in [-0.2, 0) is 24.5 Å². The SMILES string of the molecule is C[C@H]1C[C@H]1C(=O)OCCN(C)S(=O)(=O)N1CCOCC1. The molecule has 0 radical (unpaired) electrons. The lowest BCUT2D eigenvalue weighted by Crippen LogP contribution is -2.48. The Morgan fingerprint density at radius 2 is 2.00 bits per heavy atom. The molecule has 0 N–H and O–H groups in total. The third-order valence-corrected chi connectivity index (χ3v) is 5.74. The zero-order chi connectivity index (χ0) is 14.8. The molecule has 0 amide bonds. The van der Waals surface area contributed by atoms with E-state index in [-0.39, 0.29) is 25.0 Å². The molecule has 1 aliphatic carbocycles. The van der Waals surface area contributed by atoms with E-state index >= 15 is 0 Å². The van der Waals surface area contributed by atoms with Gasteiger partial charge in [-0.1, -0.05) is 6.92 Å². The Morgan fingerprint density at radius 1 is 1.40 bits per heavy atom. The zero-order valence-electron chi connectivity index (χ0n) is 11.9. The average molecular weight is 306 g/mol. The second-order valence-electron chi connectivity index (χ2n) is 5.33.